The van der Waals surface area contributed by atoms with E-state index in [9.17, 15) is 10.2 Å². The largest absolute Gasteiger partial charge is 0.503 e. The second-order valence-electron chi connectivity index (χ2n) is 3.32. The van der Waals surface area contributed by atoms with Crippen molar-refractivity contribution in [3.05, 3.63) is 22.7 Å². The lowest BCUT2D eigenvalue weighted by Gasteiger charge is -2.14. The Kier molecular flexibility index (Phi) is 4.24. The fourth-order valence-electron chi connectivity index (χ4n) is 1.41. The zero-order valence-electron chi connectivity index (χ0n) is 8.83. The van der Waals surface area contributed by atoms with E-state index >= 15 is 0 Å². The predicted molar refractivity (Wildman–Crippen MR) is 59.5 cm³/mol. The van der Waals surface area contributed by atoms with Crippen LogP contribution in [0.3, 0.4) is 0 Å². The first-order chi connectivity index (χ1) is 7.11. The first-order valence-electron chi connectivity index (χ1n) is 4.85. The van der Waals surface area contributed by atoms with Gasteiger partial charge in [-0.3, -0.25) is 0 Å². The van der Waals surface area contributed by atoms with Crippen LogP contribution in [-0.2, 0) is 0 Å². The third kappa shape index (κ3) is 2.55. The number of benzene rings is 1. The van der Waals surface area contributed by atoms with Crippen LogP contribution >= 0.6 is 11.6 Å². The van der Waals surface area contributed by atoms with E-state index in [2.05, 4.69) is 0 Å². The van der Waals surface area contributed by atoms with Gasteiger partial charge in [0.05, 0.1) is 18.2 Å². The lowest BCUT2D eigenvalue weighted by molar-refractivity contribution is 0.166. The van der Waals surface area contributed by atoms with Crippen molar-refractivity contribution in [1.29, 1.82) is 0 Å². The second-order valence-corrected chi connectivity index (χ2v) is 3.70. The van der Waals surface area contributed by atoms with Crippen LogP contribution in [0.15, 0.2) is 12.1 Å². The first kappa shape index (κ1) is 12.1. The molecule has 0 amide bonds. The van der Waals surface area contributed by atoms with Gasteiger partial charge in [-0.05, 0) is 12.5 Å². The van der Waals surface area contributed by atoms with Gasteiger partial charge in [-0.25, -0.2) is 0 Å². The van der Waals surface area contributed by atoms with Crippen molar-refractivity contribution in [3.63, 3.8) is 0 Å². The van der Waals surface area contributed by atoms with Crippen molar-refractivity contribution in [1.82, 2.24) is 0 Å². The molecule has 1 aromatic carbocycles. The Labute approximate surface area is 94.3 Å². The van der Waals surface area contributed by atoms with E-state index in [1.165, 1.54) is 7.11 Å². The number of hydrogen-bond donors (Lipinski definition) is 2. The number of phenolic OH excluding ortho intramolecular Hbond substituents is 1. The molecule has 0 aromatic heterocycles. The molecule has 15 heavy (non-hydrogen) atoms. The minimum absolute atomic E-state index is 0.119. The Morgan fingerprint density at radius 1 is 1.47 bits per heavy atom. The van der Waals surface area contributed by atoms with Crippen LogP contribution in [-0.4, -0.2) is 17.3 Å². The highest BCUT2D eigenvalue weighted by Gasteiger charge is 2.16. The van der Waals surface area contributed by atoms with Crippen molar-refractivity contribution < 1.29 is 14.9 Å². The molecular weight excluding hydrogens is 216 g/mol. The van der Waals surface area contributed by atoms with E-state index in [0.29, 0.717) is 17.7 Å². The van der Waals surface area contributed by atoms with Gasteiger partial charge in [0.15, 0.2) is 11.5 Å². The standard InChI is InChI=1S/C11H15ClO3/c1-3-4-8(13)7-5-6-9(15-2)11(14)10(7)12/h5-6,8,13-14H,3-4H2,1-2H3. The van der Waals surface area contributed by atoms with Crippen molar-refractivity contribution in [3.8, 4) is 11.5 Å². The average molecular weight is 231 g/mol. The van der Waals surface area contributed by atoms with Crippen LogP contribution in [0.1, 0.15) is 31.4 Å². The summed E-state index contributed by atoms with van der Waals surface area (Å²) in [4.78, 5) is 0. The molecule has 2 N–H and O–H groups in total. The highest BCUT2D eigenvalue weighted by molar-refractivity contribution is 6.33. The Bertz CT molecular complexity index is 339. The molecule has 3 nitrogen and oxygen atoms in total. The van der Waals surface area contributed by atoms with Crippen LogP contribution < -0.4 is 4.74 Å². The molecule has 0 aliphatic rings. The molecule has 0 spiro atoms. The fraction of sp³-hybridized carbons (Fsp3) is 0.455. The zero-order valence-corrected chi connectivity index (χ0v) is 9.58. The van der Waals surface area contributed by atoms with Gasteiger partial charge in [0.1, 0.15) is 0 Å². The summed E-state index contributed by atoms with van der Waals surface area (Å²) in [5, 5.41) is 19.5. The van der Waals surface area contributed by atoms with Gasteiger partial charge in [-0.1, -0.05) is 31.0 Å². The van der Waals surface area contributed by atoms with Crippen molar-refractivity contribution in [2.24, 2.45) is 0 Å². The zero-order chi connectivity index (χ0) is 11.4. The van der Waals surface area contributed by atoms with Gasteiger partial charge in [0.2, 0.25) is 0 Å². The van der Waals surface area contributed by atoms with E-state index in [4.69, 9.17) is 16.3 Å². The maximum atomic E-state index is 9.75. The molecule has 0 bridgehead atoms. The lowest BCUT2D eigenvalue weighted by atomic mass is 10.0. The van der Waals surface area contributed by atoms with Crippen LogP contribution in [0.4, 0.5) is 0 Å². The number of rotatable bonds is 4. The Morgan fingerprint density at radius 3 is 2.67 bits per heavy atom. The molecule has 0 saturated heterocycles. The number of aliphatic hydroxyl groups excluding tert-OH is 1. The first-order valence-corrected chi connectivity index (χ1v) is 5.23. The minimum atomic E-state index is -0.640. The number of ether oxygens (including phenoxy) is 1. The number of phenols is 1. The quantitative estimate of drug-likeness (QED) is 0.836. The van der Waals surface area contributed by atoms with Crippen LogP contribution in [0, 0.1) is 0 Å². The molecule has 1 aromatic rings. The summed E-state index contributed by atoms with van der Waals surface area (Å²) >= 11 is 5.92. The molecule has 0 radical (unpaired) electrons. The minimum Gasteiger partial charge on any atom is -0.503 e. The van der Waals surface area contributed by atoms with E-state index in [1.807, 2.05) is 6.92 Å². The Balaban J connectivity index is 3.06. The smallest absolute Gasteiger partial charge is 0.177 e. The molecule has 0 aliphatic heterocycles. The topological polar surface area (TPSA) is 49.7 Å². The summed E-state index contributed by atoms with van der Waals surface area (Å²) in [6.45, 7) is 1.97. The van der Waals surface area contributed by atoms with Crippen molar-refractivity contribution in [2.45, 2.75) is 25.9 Å². The van der Waals surface area contributed by atoms with E-state index in [-0.39, 0.29) is 10.8 Å². The summed E-state index contributed by atoms with van der Waals surface area (Å²) in [5.41, 5.74) is 0.539. The molecular formula is C11H15ClO3. The second kappa shape index (κ2) is 5.24. The third-order valence-corrected chi connectivity index (χ3v) is 2.65. The van der Waals surface area contributed by atoms with Gasteiger partial charge in [0.25, 0.3) is 0 Å². The molecule has 1 unspecified atom stereocenters. The van der Waals surface area contributed by atoms with Crippen LogP contribution in [0.5, 0.6) is 11.5 Å². The van der Waals surface area contributed by atoms with Crippen molar-refractivity contribution in [2.75, 3.05) is 7.11 Å². The molecule has 0 heterocycles. The van der Waals surface area contributed by atoms with Crippen LogP contribution in [0.2, 0.25) is 5.02 Å². The number of aromatic hydroxyl groups is 1. The van der Waals surface area contributed by atoms with Gasteiger partial charge in [0, 0.05) is 5.56 Å². The van der Waals surface area contributed by atoms with Gasteiger partial charge >= 0.3 is 0 Å². The van der Waals surface area contributed by atoms with Gasteiger partial charge < -0.3 is 14.9 Å². The maximum Gasteiger partial charge on any atom is 0.177 e. The SMILES string of the molecule is CCCC(O)c1ccc(OC)c(O)c1Cl. The summed E-state index contributed by atoms with van der Waals surface area (Å²) in [7, 11) is 1.45. The molecule has 0 aliphatic carbocycles. The summed E-state index contributed by atoms with van der Waals surface area (Å²) < 4.78 is 4.90. The molecule has 4 heteroatoms. The Morgan fingerprint density at radius 2 is 2.13 bits per heavy atom. The normalized spacial score (nSPS) is 12.5. The third-order valence-electron chi connectivity index (χ3n) is 2.25. The number of hydrogen-bond acceptors (Lipinski definition) is 3. The van der Waals surface area contributed by atoms with E-state index in [0.717, 1.165) is 6.42 Å². The summed E-state index contributed by atoms with van der Waals surface area (Å²) in [6, 6.07) is 3.26. The average Bonchev–Trinajstić information content (AvgIpc) is 2.22. The van der Waals surface area contributed by atoms with Gasteiger partial charge in [-0.2, -0.15) is 0 Å². The summed E-state index contributed by atoms with van der Waals surface area (Å²) in [5.74, 6) is 0.194. The maximum absolute atomic E-state index is 9.75. The molecule has 1 atom stereocenters. The highest BCUT2D eigenvalue weighted by Crippen LogP contribution is 2.39. The monoisotopic (exact) mass is 230 g/mol. The van der Waals surface area contributed by atoms with Crippen molar-refractivity contribution >= 4 is 11.6 Å². The van der Waals surface area contributed by atoms with Gasteiger partial charge in [-0.15, -0.1) is 0 Å². The molecule has 0 fully saturated rings. The molecule has 1 rings (SSSR count). The fourth-order valence-corrected chi connectivity index (χ4v) is 1.70. The van der Waals surface area contributed by atoms with Crippen LogP contribution in [0.25, 0.3) is 0 Å². The number of halogens is 1. The molecule has 84 valence electrons. The lowest BCUT2D eigenvalue weighted by Crippen LogP contribution is -1.98. The number of aliphatic hydroxyl groups is 1. The van der Waals surface area contributed by atoms with E-state index < -0.39 is 6.10 Å². The predicted octanol–water partition coefficient (Wildman–Crippen LogP) is 2.89. The molecule has 0 saturated carbocycles. The Hall–Kier alpha value is -0.930. The summed E-state index contributed by atoms with van der Waals surface area (Å²) in [6.07, 6.45) is 0.828. The van der Waals surface area contributed by atoms with E-state index in [1.54, 1.807) is 12.1 Å². The highest BCUT2D eigenvalue weighted by atomic mass is 35.5. The number of methoxy groups -OCH3 is 1.